The van der Waals surface area contributed by atoms with Crippen LogP contribution in [0.2, 0.25) is 0 Å². The van der Waals surface area contributed by atoms with Crippen molar-refractivity contribution < 1.29 is 24.1 Å². The molecule has 28 heavy (non-hydrogen) atoms. The van der Waals surface area contributed by atoms with Gasteiger partial charge in [-0.05, 0) is 12.8 Å². The number of unbranched alkanes of at least 4 members (excludes halogenated alkanes) is 1. The summed E-state index contributed by atoms with van der Waals surface area (Å²) in [4.78, 5) is 21.3. The SMILES string of the molecule is CCCCn1c(=O)n([C@@H]2O[C@H](C(O)CC)[C@H](F)[C@H]2O)c2nc(N)nc(OC)c21. The summed E-state index contributed by atoms with van der Waals surface area (Å²) in [5.74, 6) is -0.0379. The number of aliphatic hydroxyl groups is 2. The summed E-state index contributed by atoms with van der Waals surface area (Å²) in [6, 6.07) is 0. The highest BCUT2D eigenvalue weighted by Crippen LogP contribution is 2.35. The summed E-state index contributed by atoms with van der Waals surface area (Å²) in [7, 11) is 1.39. The van der Waals surface area contributed by atoms with Crippen LogP contribution in [0.25, 0.3) is 11.2 Å². The lowest BCUT2D eigenvalue weighted by molar-refractivity contribution is -0.0799. The number of ether oxygens (including phenoxy) is 2. The number of anilines is 1. The molecule has 2 aromatic heterocycles. The molecular formula is C17H26FN5O5. The zero-order valence-electron chi connectivity index (χ0n) is 16.1. The van der Waals surface area contributed by atoms with Gasteiger partial charge in [0.25, 0.3) is 0 Å². The number of hydrogen-bond acceptors (Lipinski definition) is 8. The van der Waals surface area contributed by atoms with Crippen molar-refractivity contribution in [2.75, 3.05) is 12.8 Å². The van der Waals surface area contributed by atoms with E-state index in [1.54, 1.807) is 6.92 Å². The minimum atomic E-state index is -1.86. The number of halogens is 1. The lowest BCUT2D eigenvalue weighted by Crippen LogP contribution is -2.36. The molecule has 5 atom stereocenters. The van der Waals surface area contributed by atoms with E-state index in [-0.39, 0.29) is 23.9 Å². The highest BCUT2D eigenvalue weighted by Gasteiger charge is 2.49. The zero-order chi connectivity index (χ0) is 20.6. The van der Waals surface area contributed by atoms with Crippen molar-refractivity contribution in [3.8, 4) is 5.88 Å². The van der Waals surface area contributed by atoms with Gasteiger partial charge in [0.1, 0.15) is 12.2 Å². The molecule has 0 radical (unpaired) electrons. The Bertz CT molecular complexity index is 900. The maximum atomic E-state index is 14.6. The fourth-order valence-electron chi connectivity index (χ4n) is 3.47. The van der Waals surface area contributed by atoms with Gasteiger partial charge < -0.3 is 25.4 Å². The van der Waals surface area contributed by atoms with Gasteiger partial charge >= 0.3 is 5.69 Å². The van der Waals surface area contributed by atoms with Crippen LogP contribution in [0.4, 0.5) is 10.3 Å². The lowest BCUT2D eigenvalue weighted by atomic mass is 10.1. The van der Waals surface area contributed by atoms with Crippen LogP contribution in [0, 0.1) is 0 Å². The third kappa shape index (κ3) is 3.23. The van der Waals surface area contributed by atoms with Gasteiger partial charge in [0.15, 0.2) is 23.6 Å². The highest BCUT2D eigenvalue weighted by molar-refractivity contribution is 5.78. The maximum Gasteiger partial charge on any atom is 0.332 e. The summed E-state index contributed by atoms with van der Waals surface area (Å²) in [5, 5.41) is 20.4. The molecule has 3 heterocycles. The standard InChI is InChI=1S/C17H26FN5O5/c1-4-6-7-22-10-13(20-16(19)21-14(10)27-3)23(17(22)26)15-11(25)9(18)12(28-15)8(24)5-2/h8-9,11-12,15,24-25H,4-7H2,1-3H3,(H2,19,20,21)/t8?,9-,11-,12-,15-/m1/s1. The number of nitrogens with two attached hydrogens (primary N) is 1. The van der Waals surface area contributed by atoms with Gasteiger partial charge in [-0.25, -0.2) is 13.8 Å². The van der Waals surface area contributed by atoms with Gasteiger partial charge in [0.2, 0.25) is 11.8 Å². The Morgan fingerprint density at radius 3 is 2.71 bits per heavy atom. The Morgan fingerprint density at radius 2 is 2.11 bits per heavy atom. The zero-order valence-corrected chi connectivity index (χ0v) is 16.1. The molecule has 0 aromatic carbocycles. The molecule has 10 nitrogen and oxygen atoms in total. The molecule has 11 heteroatoms. The van der Waals surface area contributed by atoms with E-state index in [1.165, 1.54) is 11.7 Å². The predicted molar refractivity (Wildman–Crippen MR) is 98.8 cm³/mol. The lowest BCUT2D eigenvalue weighted by Gasteiger charge is -2.18. The first-order chi connectivity index (χ1) is 13.3. The van der Waals surface area contributed by atoms with Gasteiger partial charge in [0, 0.05) is 6.54 Å². The van der Waals surface area contributed by atoms with E-state index < -0.39 is 36.4 Å². The van der Waals surface area contributed by atoms with Crippen molar-refractivity contribution in [2.45, 2.75) is 70.4 Å². The Morgan fingerprint density at radius 1 is 1.39 bits per heavy atom. The number of fused-ring (bicyclic) bond motifs is 1. The summed E-state index contributed by atoms with van der Waals surface area (Å²) in [6.45, 7) is 4.00. The second kappa shape index (κ2) is 8.02. The van der Waals surface area contributed by atoms with Gasteiger partial charge in [-0.3, -0.25) is 4.57 Å². The molecule has 1 unspecified atom stereocenters. The fraction of sp³-hybridized carbons (Fsp3) is 0.706. The molecule has 1 saturated heterocycles. The van der Waals surface area contributed by atoms with E-state index in [0.717, 1.165) is 11.0 Å². The molecule has 156 valence electrons. The number of aliphatic hydroxyl groups excluding tert-OH is 2. The number of alkyl halides is 1. The first-order valence-corrected chi connectivity index (χ1v) is 9.33. The Labute approximate surface area is 160 Å². The molecule has 0 saturated carbocycles. The molecule has 1 aliphatic heterocycles. The maximum absolute atomic E-state index is 14.6. The van der Waals surface area contributed by atoms with E-state index in [1.807, 2.05) is 6.92 Å². The average Bonchev–Trinajstić information content (AvgIpc) is 3.12. The number of aromatic nitrogens is 4. The largest absolute Gasteiger partial charge is 0.479 e. The van der Waals surface area contributed by atoms with Crippen LogP contribution in [0.5, 0.6) is 5.88 Å². The Balaban J connectivity index is 2.20. The number of imidazole rings is 1. The predicted octanol–water partition coefficient (Wildman–Crippen LogP) is 0.351. The van der Waals surface area contributed by atoms with Crippen molar-refractivity contribution in [1.29, 1.82) is 0 Å². The van der Waals surface area contributed by atoms with Crippen LogP contribution >= 0.6 is 0 Å². The van der Waals surface area contributed by atoms with Gasteiger partial charge in [-0.15, -0.1) is 0 Å². The highest BCUT2D eigenvalue weighted by atomic mass is 19.1. The monoisotopic (exact) mass is 399 g/mol. The average molecular weight is 399 g/mol. The summed E-state index contributed by atoms with van der Waals surface area (Å²) >= 11 is 0. The first kappa shape index (κ1) is 20.5. The van der Waals surface area contributed by atoms with E-state index >= 15 is 0 Å². The number of nitrogen functional groups attached to an aromatic ring is 1. The van der Waals surface area contributed by atoms with E-state index in [4.69, 9.17) is 15.2 Å². The van der Waals surface area contributed by atoms with Gasteiger partial charge in [-0.2, -0.15) is 9.97 Å². The van der Waals surface area contributed by atoms with Crippen LogP contribution in [-0.2, 0) is 11.3 Å². The first-order valence-electron chi connectivity index (χ1n) is 9.33. The molecule has 4 N–H and O–H groups in total. The van der Waals surface area contributed by atoms with E-state index in [2.05, 4.69) is 9.97 Å². The molecular weight excluding hydrogens is 373 g/mol. The van der Waals surface area contributed by atoms with Crippen molar-refractivity contribution in [2.24, 2.45) is 0 Å². The molecule has 0 aliphatic carbocycles. The van der Waals surface area contributed by atoms with Crippen molar-refractivity contribution in [3.63, 3.8) is 0 Å². The number of nitrogens with zero attached hydrogens (tertiary/aromatic N) is 4. The van der Waals surface area contributed by atoms with Crippen molar-refractivity contribution in [3.05, 3.63) is 10.5 Å². The van der Waals surface area contributed by atoms with Crippen LogP contribution in [-0.4, -0.2) is 60.9 Å². The molecule has 0 spiro atoms. The number of hydrogen-bond donors (Lipinski definition) is 3. The van der Waals surface area contributed by atoms with Crippen LogP contribution < -0.4 is 16.2 Å². The second-order valence-corrected chi connectivity index (χ2v) is 6.82. The van der Waals surface area contributed by atoms with Crippen LogP contribution in [0.1, 0.15) is 39.3 Å². The molecule has 1 aliphatic rings. The smallest absolute Gasteiger partial charge is 0.332 e. The number of rotatable bonds is 7. The van der Waals surface area contributed by atoms with E-state index in [0.29, 0.717) is 18.5 Å². The van der Waals surface area contributed by atoms with Crippen molar-refractivity contribution in [1.82, 2.24) is 19.1 Å². The molecule has 3 rings (SSSR count). The summed E-state index contributed by atoms with van der Waals surface area (Å²) < 4.78 is 27.9. The summed E-state index contributed by atoms with van der Waals surface area (Å²) in [5.41, 5.74) is 5.56. The molecule has 0 amide bonds. The third-order valence-corrected chi connectivity index (χ3v) is 5.00. The van der Waals surface area contributed by atoms with Gasteiger partial charge in [-0.1, -0.05) is 20.3 Å². The second-order valence-electron chi connectivity index (χ2n) is 6.82. The normalized spacial score (nSPS) is 26.1. The minimum absolute atomic E-state index is 0.0772. The van der Waals surface area contributed by atoms with Crippen LogP contribution in [0.3, 0.4) is 0 Å². The number of aryl methyl sites for hydroxylation is 1. The molecule has 2 aromatic rings. The van der Waals surface area contributed by atoms with Crippen molar-refractivity contribution >= 4 is 17.1 Å². The molecule has 0 bridgehead atoms. The third-order valence-electron chi connectivity index (χ3n) is 5.00. The quantitative estimate of drug-likeness (QED) is 0.606. The Kier molecular flexibility index (Phi) is 5.87. The van der Waals surface area contributed by atoms with E-state index in [9.17, 15) is 19.4 Å². The number of methoxy groups -OCH3 is 1. The topological polar surface area (TPSA) is 138 Å². The van der Waals surface area contributed by atoms with Gasteiger partial charge in [0.05, 0.1) is 13.2 Å². The molecule has 1 fully saturated rings. The fourth-order valence-corrected chi connectivity index (χ4v) is 3.47. The summed E-state index contributed by atoms with van der Waals surface area (Å²) in [6.07, 6.45) is -5.49. The van der Waals surface area contributed by atoms with Crippen LogP contribution in [0.15, 0.2) is 4.79 Å². The minimum Gasteiger partial charge on any atom is -0.479 e. The Hall–Kier alpha value is -2.24.